The summed E-state index contributed by atoms with van der Waals surface area (Å²) >= 11 is 1.50. The Balaban J connectivity index is 1.42. The zero-order valence-corrected chi connectivity index (χ0v) is 16.4. The molecule has 0 bridgehead atoms. The number of amides is 1. The Morgan fingerprint density at radius 3 is 2.89 bits per heavy atom. The van der Waals surface area contributed by atoms with Crippen LogP contribution in [-0.2, 0) is 11.2 Å². The van der Waals surface area contributed by atoms with Crippen molar-refractivity contribution in [1.82, 2.24) is 10.2 Å². The van der Waals surface area contributed by atoms with Crippen molar-refractivity contribution in [3.63, 3.8) is 0 Å². The summed E-state index contributed by atoms with van der Waals surface area (Å²) in [4.78, 5) is 14.7. The molecule has 1 aromatic heterocycles. The van der Waals surface area contributed by atoms with Gasteiger partial charge in [0, 0.05) is 17.6 Å². The number of nitrogens with zero attached hydrogens (tertiary/aromatic N) is 3. The van der Waals surface area contributed by atoms with Gasteiger partial charge in [-0.25, -0.2) is 4.39 Å². The Morgan fingerprint density at radius 2 is 2.07 bits per heavy atom. The number of hydrogen-bond donors (Lipinski definition) is 1. The van der Waals surface area contributed by atoms with Gasteiger partial charge in [-0.05, 0) is 56.4 Å². The normalized spacial score (nSPS) is 20.4. The molecule has 2 aliphatic rings. The van der Waals surface area contributed by atoms with Crippen molar-refractivity contribution in [2.45, 2.75) is 63.8 Å². The highest BCUT2D eigenvalue weighted by molar-refractivity contribution is 7.15. The maximum atomic E-state index is 13.5. The summed E-state index contributed by atoms with van der Waals surface area (Å²) in [7, 11) is 0. The molecule has 0 radical (unpaired) electrons. The predicted octanol–water partition coefficient (Wildman–Crippen LogP) is 4.50. The number of carbonyl (C=O) groups is 1. The second-order valence-corrected chi connectivity index (χ2v) is 8.63. The molecule has 1 atom stereocenters. The number of anilines is 2. The van der Waals surface area contributed by atoms with Crippen LogP contribution in [0.2, 0.25) is 0 Å². The number of fused-ring (bicyclic) bond motifs is 1. The second kappa shape index (κ2) is 7.92. The monoisotopic (exact) mass is 388 g/mol. The summed E-state index contributed by atoms with van der Waals surface area (Å²) in [5.74, 6) is 0.160. The van der Waals surface area contributed by atoms with Crippen LogP contribution in [0.3, 0.4) is 0 Å². The Morgan fingerprint density at radius 1 is 1.26 bits per heavy atom. The van der Waals surface area contributed by atoms with Crippen LogP contribution in [0, 0.1) is 5.82 Å². The van der Waals surface area contributed by atoms with E-state index < -0.39 is 0 Å². The van der Waals surface area contributed by atoms with E-state index in [-0.39, 0.29) is 24.3 Å². The first-order valence-electron chi connectivity index (χ1n) is 9.78. The minimum absolute atomic E-state index is 0.106. The largest absolute Gasteiger partial charge is 0.359 e. The molecule has 144 valence electrons. The van der Waals surface area contributed by atoms with Crippen LogP contribution < -0.4 is 10.2 Å². The van der Waals surface area contributed by atoms with Crippen molar-refractivity contribution in [3.05, 3.63) is 34.6 Å². The molecule has 4 rings (SSSR count). The Bertz CT molecular complexity index is 818. The van der Waals surface area contributed by atoms with Crippen molar-refractivity contribution < 1.29 is 9.18 Å². The van der Waals surface area contributed by atoms with E-state index >= 15 is 0 Å². The van der Waals surface area contributed by atoms with Crippen molar-refractivity contribution in [1.29, 1.82) is 0 Å². The van der Waals surface area contributed by atoms with Crippen LogP contribution in [0.5, 0.6) is 0 Å². The topological polar surface area (TPSA) is 58.1 Å². The number of benzene rings is 1. The van der Waals surface area contributed by atoms with Crippen molar-refractivity contribution >= 4 is 28.1 Å². The van der Waals surface area contributed by atoms with E-state index in [0.717, 1.165) is 29.1 Å². The van der Waals surface area contributed by atoms with E-state index in [1.54, 1.807) is 12.1 Å². The van der Waals surface area contributed by atoms with Gasteiger partial charge >= 0.3 is 0 Å². The number of aromatic nitrogens is 2. The fraction of sp³-hybridized carbons (Fsp3) is 0.550. The average molecular weight is 389 g/mol. The van der Waals surface area contributed by atoms with E-state index in [0.29, 0.717) is 11.0 Å². The van der Waals surface area contributed by atoms with E-state index in [2.05, 4.69) is 27.3 Å². The number of carbonyl (C=O) groups excluding carboxylic acids is 1. The fourth-order valence-electron chi connectivity index (χ4n) is 4.15. The lowest BCUT2D eigenvalue weighted by Gasteiger charge is -2.36. The zero-order valence-electron chi connectivity index (χ0n) is 15.6. The van der Waals surface area contributed by atoms with Crippen molar-refractivity contribution in [2.24, 2.45) is 0 Å². The van der Waals surface area contributed by atoms with Crippen LogP contribution >= 0.6 is 11.3 Å². The van der Waals surface area contributed by atoms with Gasteiger partial charge in [0.15, 0.2) is 0 Å². The minimum atomic E-state index is -0.225. The third kappa shape index (κ3) is 4.13. The molecule has 27 heavy (non-hydrogen) atoms. The van der Waals surface area contributed by atoms with Gasteiger partial charge in [-0.15, -0.1) is 10.2 Å². The van der Waals surface area contributed by atoms with Gasteiger partial charge in [0.25, 0.3) is 0 Å². The van der Waals surface area contributed by atoms with Crippen molar-refractivity contribution in [3.8, 4) is 0 Å². The number of halogens is 1. The smallest absolute Gasteiger partial charge is 0.245 e. The fourth-order valence-corrected chi connectivity index (χ4v) is 5.07. The Hall–Kier alpha value is -2.02. The molecule has 1 aliphatic carbocycles. The molecule has 1 aromatic carbocycles. The van der Waals surface area contributed by atoms with Crippen LogP contribution in [0.15, 0.2) is 18.2 Å². The van der Waals surface area contributed by atoms with Gasteiger partial charge in [-0.2, -0.15) is 0 Å². The van der Waals surface area contributed by atoms with E-state index in [1.807, 2.05) is 0 Å². The third-order valence-corrected chi connectivity index (χ3v) is 6.67. The second-order valence-electron chi connectivity index (χ2n) is 7.62. The van der Waals surface area contributed by atoms with Crippen LogP contribution in [-0.4, -0.2) is 28.7 Å². The molecular formula is C20H25FN4OS. The van der Waals surface area contributed by atoms with Gasteiger partial charge in [-0.1, -0.05) is 30.6 Å². The van der Waals surface area contributed by atoms with Gasteiger partial charge in [0.05, 0.1) is 6.54 Å². The number of aryl methyl sites for hydroxylation is 1. The third-order valence-electron chi connectivity index (χ3n) is 5.67. The van der Waals surface area contributed by atoms with E-state index in [1.165, 1.54) is 49.5 Å². The molecule has 1 N–H and O–H groups in total. The number of nitrogens with one attached hydrogen (secondary N) is 1. The van der Waals surface area contributed by atoms with Crippen LogP contribution in [0.1, 0.15) is 61.9 Å². The maximum Gasteiger partial charge on any atom is 0.245 e. The summed E-state index contributed by atoms with van der Waals surface area (Å²) in [6.45, 7) is 2.34. The molecule has 2 heterocycles. The lowest BCUT2D eigenvalue weighted by Crippen LogP contribution is -2.42. The van der Waals surface area contributed by atoms with Crippen molar-refractivity contribution in [2.75, 3.05) is 16.8 Å². The highest BCUT2D eigenvalue weighted by Gasteiger charge is 2.26. The molecular weight excluding hydrogens is 363 g/mol. The first-order valence-corrected chi connectivity index (χ1v) is 10.6. The van der Waals surface area contributed by atoms with Crippen LogP contribution in [0.4, 0.5) is 15.2 Å². The molecule has 1 fully saturated rings. The Kier molecular flexibility index (Phi) is 5.38. The van der Waals surface area contributed by atoms with Gasteiger partial charge in [-0.3, -0.25) is 10.1 Å². The molecule has 0 spiro atoms. The molecule has 5 nitrogen and oxygen atoms in total. The molecule has 7 heteroatoms. The molecule has 0 saturated heterocycles. The summed E-state index contributed by atoms with van der Waals surface area (Å²) in [6, 6.07) is 5.05. The molecule has 1 unspecified atom stereocenters. The standard InChI is InChI=1S/C20H25FN4OS/c1-13-7-8-15-11-16(21)9-10-17(15)25(13)12-18(26)22-20-24-23-19(27-20)14-5-3-2-4-6-14/h9-11,13-14H,2-8,12H2,1H3,(H,22,24,26). The van der Waals surface area contributed by atoms with Gasteiger partial charge < -0.3 is 4.90 Å². The highest BCUT2D eigenvalue weighted by Crippen LogP contribution is 2.35. The predicted molar refractivity (Wildman–Crippen MR) is 106 cm³/mol. The summed E-state index contributed by atoms with van der Waals surface area (Å²) < 4.78 is 13.5. The summed E-state index contributed by atoms with van der Waals surface area (Å²) in [5.41, 5.74) is 1.92. The van der Waals surface area contributed by atoms with Gasteiger partial charge in [0.1, 0.15) is 10.8 Å². The highest BCUT2D eigenvalue weighted by atomic mass is 32.1. The van der Waals surface area contributed by atoms with Crippen LogP contribution in [0.25, 0.3) is 0 Å². The lowest BCUT2D eigenvalue weighted by molar-refractivity contribution is -0.115. The number of hydrogen-bond acceptors (Lipinski definition) is 5. The van der Waals surface area contributed by atoms with Gasteiger partial charge in [0.2, 0.25) is 11.0 Å². The average Bonchev–Trinajstić information content (AvgIpc) is 3.13. The molecule has 1 saturated carbocycles. The maximum absolute atomic E-state index is 13.5. The zero-order chi connectivity index (χ0) is 18.8. The first kappa shape index (κ1) is 18.3. The Labute approximate surface area is 163 Å². The quantitative estimate of drug-likeness (QED) is 0.838. The lowest BCUT2D eigenvalue weighted by atomic mass is 9.90. The summed E-state index contributed by atoms with van der Waals surface area (Å²) in [6.07, 6.45) is 7.89. The number of rotatable bonds is 4. The summed E-state index contributed by atoms with van der Waals surface area (Å²) in [5, 5.41) is 13.0. The SMILES string of the molecule is CC1CCc2cc(F)ccc2N1CC(=O)Nc1nnc(C2CCCCC2)s1. The first-order chi connectivity index (χ1) is 13.1. The molecule has 2 aromatic rings. The van der Waals surface area contributed by atoms with E-state index in [9.17, 15) is 9.18 Å². The van der Waals surface area contributed by atoms with E-state index in [4.69, 9.17) is 0 Å². The molecule has 1 aliphatic heterocycles. The minimum Gasteiger partial charge on any atom is -0.359 e. The molecule has 1 amide bonds.